The van der Waals surface area contributed by atoms with Crippen LogP contribution in [0.5, 0.6) is 0 Å². The van der Waals surface area contributed by atoms with Gasteiger partial charge in [0.05, 0.1) is 11.1 Å². The topological polar surface area (TPSA) is 96.3 Å². The van der Waals surface area contributed by atoms with Gasteiger partial charge in [0.2, 0.25) is 0 Å². The molecule has 1 aliphatic carbocycles. The number of aliphatic carboxylic acids is 1. The average molecular weight is 358 g/mol. The van der Waals surface area contributed by atoms with Crippen LogP contribution in [0.25, 0.3) is 10.8 Å². The first kappa shape index (κ1) is 16.1. The molecule has 2 aromatic rings. The Labute approximate surface area is 148 Å². The summed E-state index contributed by atoms with van der Waals surface area (Å²) in [6, 6.07) is 1.73. The molecule has 0 aromatic carbocycles. The van der Waals surface area contributed by atoms with E-state index in [4.69, 9.17) is 0 Å². The number of carbonyl (C=O) groups is 2. The standard InChI is InChI=1S/C17H18N4O3S/c1-10-12(25-14(20-10)13-18-6-3-7-19-13)15(22)21-8-11-4-2-5-17(11,9-21)16(23)24/h3,6-7,11H,2,4-5,8-9H2,1H3,(H,23,24)/t11-,17+/m0/s1. The molecule has 2 aliphatic rings. The van der Waals surface area contributed by atoms with Crippen molar-refractivity contribution in [2.75, 3.05) is 13.1 Å². The van der Waals surface area contributed by atoms with Gasteiger partial charge in [-0.05, 0) is 31.7 Å². The molecule has 7 nitrogen and oxygen atoms in total. The van der Waals surface area contributed by atoms with Crippen molar-refractivity contribution in [3.8, 4) is 10.8 Å². The number of nitrogens with zero attached hydrogens (tertiary/aromatic N) is 4. The molecule has 3 heterocycles. The van der Waals surface area contributed by atoms with E-state index in [-0.39, 0.29) is 11.8 Å². The summed E-state index contributed by atoms with van der Waals surface area (Å²) in [5, 5.41) is 10.3. The van der Waals surface area contributed by atoms with Crippen LogP contribution >= 0.6 is 11.3 Å². The molecule has 25 heavy (non-hydrogen) atoms. The van der Waals surface area contributed by atoms with Crippen LogP contribution in [-0.2, 0) is 4.79 Å². The van der Waals surface area contributed by atoms with Crippen LogP contribution < -0.4 is 0 Å². The molecular weight excluding hydrogens is 340 g/mol. The maximum Gasteiger partial charge on any atom is 0.311 e. The number of fused-ring (bicyclic) bond motifs is 1. The number of aromatic nitrogens is 3. The number of likely N-dealkylation sites (tertiary alicyclic amines) is 1. The zero-order valence-corrected chi connectivity index (χ0v) is 14.6. The van der Waals surface area contributed by atoms with E-state index in [0.29, 0.717) is 40.9 Å². The number of aryl methyl sites for hydroxylation is 1. The van der Waals surface area contributed by atoms with E-state index in [1.807, 2.05) is 0 Å². The Morgan fingerprint density at radius 1 is 1.36 bits per heavy atom. The van der Waals surface area contributed by atoms with Crippen molar-refractivity contribution in [1.82, 2.24) is 19.9 Å². The van der Waals surface area contributed by atoms with Gasteiger partial charge in [-0.2, -0.15) is 0 Å². The fraction of sp³-hybridized carbons (Fsp3) is 0.471. The molecule has 2 atom stereocenters. The fourth-order valence-electron chi connectivity index (χ4n) is 4.04. The fourth-order valence-corrected chi connectivity index (χ4v) is 5.02. The lowest BCUT2D eigenvalue weighted by molar-refractivity contribution is -0.149. The van der Waals surface area contributed by atoms with Crippen molar-refractivity contribution in [2.45, 2.75) is 26.2 Å². The second-order valence-corrected chi connectivity index (χ2v) is 7.74. The molecule has 2 aromatic heterocycles. The van der Waals surface area contributed by atoms with Crippen molar-refractivity contribution >= 4 is 23.2 Å². The number of carboxylic acid groups (broad SMARTS) is 1. The minimum Gasteiger partial charge on any atom is -0.481 e. The zero-order valence-electron chi connectivity index (χ0n) is 13.8. The van der Waals surface area contributed by atoms with Crippen LogP contribution in [0, 0.1) is 18.3 Å². The Morgan fingerprint density at radius 2 is 2.12 bits per heavy atom. The molecule has 1 amide bonds. The first-order valence-corrected chi connectivity index (χ1v) is 9.10. The second-order valence-electron chi connectivity index (χ2n) is 6.74. The first-order chi connectivity index (χ1) is 12.0. The third-order valence-electron chi connectivity index (χ3n) is 5.33. The lowest BCUT2D eigenvalue weighted by Gasteiger charge is -2.23. The third-order valence-corrected chi connectivity index (χ3v) is 6.47. The highest BCUT2D eigenvalue weighted by Crippen LogP contribution is 2.49. The average Bonchev–Trinajstić information content (AvgIpc) is 3.27. The number of carbonyl (C=O) groups excluding carboxylic acids is 1. The van der Waals surface area contributed by atoms with Gasteiger partial charge in [0, 0.05) is 25.5 Å². The van der Waals surface area contributed by atoms with Crippen molar-refractivity contribution in [1.29, 1.82) is 0 Å². The molecule has 0 bridgehead atoms. The molecule has 0 spiro atoms. The van der Waals surface area contributed by atoms with Gasteiger partial charge in [0.15, 0.2) is 10.8 Å². The van der Waals surface area contributed by atoms with Crippen LogP contribution in [0.15, 0.2) is 18.5 Å². The highest BCUT2D eigenvalue weighted by Gasteiger charge is 2.56. The number of hydrogen-bond donors (Lipinski definition) is 1. The predicted octanol–water partition coefficient (Wildman–Crippen LogP) is 2.24. The summed E-state index contributed by atoms with van der Waals surface area (Å²) in [6.45, 7) is 2.60. The van der Waals surface area contributed by atoms with Gasteiger partial charge in [-0.25, -0.2) is 15.0 Å². The quantitative estimate of drug-likeness (QED) is 0.904. The molecule has 130 valence electrons. The number of hydrogen-bond acceptors (Lipinski definition) is 6. The molecule has 0 unspecified atom stereocenters. The Bertz CT molecular complexity index is 838. The number of rotatable bonds is 3. The molecule has 1 saturated carbocycles. The van der Waals surface area contributed by atoms with Crippen LogP contribution in [0.1, 0.15) is 34.6 Å². The molecule has 1 saturated heterocycles. The molecule has 0 radical (unpaired) electrons. The van der Waals surface area contributed by atoms with Crippen molar-refractivity contribution in [3.05, 3.63) is 29.0 Å². The number of amides is 1. The van der Waals surface area contributed by atoms with Gasteiger partial charge >= 0.3 is 5.97 Å². The minimum atomic E-state index is -0.773. The maximum absolute atomic E-state index is 13.0. The minimum absolute atomic E-state index is 0.0547. The summed E-state index contributed by atoms with van der Waals surface area (Å²) in [5.74, 6) is -0.356. The van der Waals surface area contributed by atoms with E-state index in [1.54, 1.807) is 30.3 Å². The summed E-state index contributed by atoms with van der Waals surface area (Å²) >= 11 is 1.27. The van der Waals surface area contributed by atoms with E-state index in [0.717, 1.165) is 12.8 Å². The predicted molar refractivity (Wildman–Crippen MR) is 91.2 cm³/mol. The molecule has 4 rings (SSSR count). The third kappa shape index (κ3) is 2.52. The highest BCUT2D eigenvalue weighted by molar-refractivity contribution is 7.17. The van der Waals surface area contributed by atoms with Gasteiger partial charge in [-0.1, -0.05) is 6.42 Å². The molecule has 2 fully saturated rings. The first-order valence-electron chi connectivity index (χ1n) is 8.29. The lowest BCUT2D eigenvalue weighted by Crippen LogP contribution is -2.37. The second kappa shape index (κ2) is 5.87. The van der Waals surface area contributed by atoms with Gasteiger partial charge < -0.3 is 10.0 Å². The Morgan fingerprint density at radius 3 is 2.80 bits per heavy atom. The van der Waals surface area contributed by atoms with E-state index >= 15 is 0 Å². The molecule has 1 N–H and O–H groups in total. The Balaban J connectivity index is 1.60. The van der Waals surface area contributed by atoms with E-state index in [2.05, 4.69) is 15.0 Å². The van der Waals surface area contributed by atoms with Crippen LogP contribution in [-0.4, -0.2) is 49.9 Å². The summed E-state index contributed by atoms with van der Waals surface area (Å²) < 4.78 is 0. The largest absolute Gasteiger partial charge is 0.481 e. The van der Waals surface area contributed by atoms with Gasteiger partial charge in [-0.15, -0.1) is 11.3 Å². The summed E-state index contributed by atoms with van der Waals surface area (Å²) in [6.07, 6.45) is 5.73. The Kier molecular flexibility index (Phi) is 3.79. The monoisotopic (exact) mass is 358 g/mol. The smallest absolute Gasteiger partial charge is 0.311 e. The molecule has 8 heteroatoms. The highest BCUT2D eigenvalue weighted by atomic mass is 32.1. The van der Waals surface area contributed by atoms with Gasteiger partial charge in [0.1, 0.15) is 4.88 Å². The van der Waals surface area contributed by atoms with E-state index < -0.39 is 11.4 Å². The number of carboxylic acids is 1. The number of thiazole rings is 1. The Hall–Kier alpha value is -2.35. The van der Waals surface area contributed by atoms with Crippen LogP contribution in [0.2, 0.25) is 0 Å². The van der Waals surface area contributed by atoms with Crippen molar-refractivity contribution in [3.63, 3.8) is 0 Å². The van der Waals surface area contributed by atoms with Crippen molar-refractivity contribution < 1.29 is 14.7 Å². The summed E-state index contributed by atoms with van der Waals surface area (Å²) in [4.78, 5) is 39.8. The maximum atomic E-state index is 13.0. The zero-order chi connectivity index (χ0) is 17.6. The summed E-state index contributed by atoms with van der Waals surface area (Å²) in [5.41, 5.74) is -0.126. The van der Waals surface area contributed by atoms with E-state index in [1.165, 1.54) is 11.3 Å². The van der Waals surface area contributed by atoms with Crippen molar-refractivity contribution in [2.24, 2.45) is 11.3 Å². The van der Waals surface area contributed by atoms with E-state index in [9.17, 15) is 14.7 Å². The lowest BCUT2D eigenvalue weighted by atomic mass is 9.81. The normalized spacial score (nSPS) is 25.2. The molecule has 1 aliphatic heterocycles. The van der Waals surface area contributed by atoms with Crippen LogP contribution in [0.4, 0.5) is 0 Å². The van der Waals surface area contributed by atoms with Gasteiger partial charge in [0.25, 0.3) is 5.91 Å². The van der Waals surface area contributed by atoms with Gasteiger partial charge in [-0.3, -0.25) is 9.59 Å². The van der Waals surface area contributed by atoms with Crippen LogP contribution in [0.3, 0.4) is 0 Å². The SMILES string of the molecule is Cc1nc(-c2ncccn2)sc1C(=O)N1C[C@@H]2CCC[C@@]2(C(=O)O)C1. The summed E-state index contributed by atoms with van der Waals surface area (Å²) in [7, 11) is 0. The molecular formula is C17H18N4O3S.